The Kier molecular flexibility index (Phi) is 5.13. The summed E-state index contributed by atoms with van der Waals surface area (Å²) in [6.45, 7) is -0.0712. The zero-order chi connectivity index (χ0) is 18.6. The zero-order valence-corrected chi connectivity index (χ0v) is 14.5. The number of nitrogens with one attached hydrogen (secondary N) is 2. The molecule has 3 aromatic rings. The molecule has 0 saturated heterocycles. The van der Waals surface area contributed by atoms with E-state index < -0.39 is 21.6 Å². The number of aromatic nitrogens is 2. The molecule has 0 spiro atoms. The SMILES string of the molecule is O=C(NCCS(=O)(=O)c1ccc(F)cc1)c1cc(-c2ccccc2)n[nH]1. The maximum Gasteiger partial charge on any atom is 0.269 e. The predicted octanol–water partition coefficient (Wildman–Crippen LogP) is 2.42. The van der Waals surface area contributed by atoms with E-state index in [2.05, 4.69) is 15.5 Å². The van der Waals surface area contributed by atoms with E-state index in [4.69, 9.17) is 0 Å². The Morgan fingerprint density at radius 2 is 1.77 bits per heavy atom. The van der Waals surface area contributed by atoms with Crippen molar-refractivity contribution >= 4 is 15.7 Å². The molecule has 26 heavy (non-hydrogen) atoms. The Morgan fingerprint density at radius 1 is 1.08 bits per heavy atom. The van der Waals surface area contributed by atoms with Crippen LogP contribution in [-0.2, 0) is 9.84 Å². The van der Waals surface area contributed by atoms with Crippen molar-refractivity contribution in [1.82, 2.24) is 15.5 Å². The average molecular weight is 373 g/mol. The largest absolute Gasteiger partial charge is 0.350 e. The van der Waals surface area contributed by atoms with E-state index in [1.807, 2.05) is 30.3 Å². The van der Waals surface area contributed by atoms with Gasteiger partial charge in [0.25, 0.3) is 5.91 Å². The van der Waals surface area contributed by atoms with Gasteiger partial charge in [0.15, 0.2) is 9.84 Å². The number of amides is 1. The van der Waals surface area contributed by atoms with Crippen LogP contribution in [0.4, 0.5) is 4.39 Å². The molecular formula is C18H16FN3O3S. The number of halogens is 1. The van der Waals surface area contributed by atoms with Gasteiger partial charge in [0, 0.05) is 12.1 Å². The molecule has 3 rings (SSSR count). The number of rotatable bonds is 6. The first-order valence-electron chi connectivity index (χ1n) is 7.83. The topological polar surface area (TPSA) is 91.9 Å². The number of H-pyrrole nitrogens is 1. The first kappa shape index (κ1) is 17.8. The third-order valence-electron chi connectivity index (χ3n) is 3.72. The van der Waals surface area contributed by atoms with Crippen LogP contribution in [0.1, 0.15) is 10.5 Å². The molecule has 0 unspecified atom stereocenters. The van der Waals surface area contributed by atoms with E-state index in [1.54, 1.807) is 6.07 Å². The highest BCUT2D eigenvalue weighted by Gasteiger charge is 2.16. The van der Waals surface area contributed by atoms with Gasteiger partial charge in [0.1, 0.15) is 11.5 Å². The van der Waals surface area contributed by atoms with Crippen molar-refractivity contribution in [2.75, 3.05) is 12.3 Å². The number of nitrogens with zero attached hydrogens (tertiary/aromatic N) is 1. The molecule has 6 nitrogen and oxygen atoms in total. The highest BCUT2D eigenvalue weighted by atomic mass is 32.2. The number of carbonyl (C=O) groups excluding carboxylic acids is 1. The van der Waals surface area contributed by atoms with Crippen molar-refractivity contribution in [2.24, 2.45) is 0 Å². The fourth-order valence-electron chi connectivity index (χ4n) is 2.35. The molecule has 1 heterocycles. The van der Waals surface area contributed by atoms with Gasteiger partial charge in [-0.15, -0.1) is 0 Å². The van der Waals surface area contributed by atoms with E-state index >= 15 is 0 Å². The van der Waals surface area contributed by atoms with Crippen LogP contribution in [0.15, 0.2) is 65.6 Å². The van der Waals surface area contributed by atoms with E-state index in [0.29, 0.717) is 5.69 Å². The van der Waals surface area contributed by atoms with E-state index in [0.717, 1.165) is 17.7 Å². The second-order valence-electron chi connectivity index (χ2n) is 5.56. The van der Waals surface area contributed by atoms with E-state index in [1.165, 1.54) is 12.1 Å². The number of hydrogen-bond acceptors (Lipinski definition) is 4. The number of hydrogen-bond donors (Lipinski definition) is 2. The van der Waals surface area contributed by atoms with Crippen LogP contribution in [0.5, 0.6) is 0 Å². The van der Waals surface area contributed by atoms with Gasteiger partial charge in [-0.3, -0.25) is 9.89 Å². The Bertz CT molecular complexity index is 1000. The summed E-state index contributed by atoms with van der Waals surface area (Å²) in [6.07, 6.45) is 0. The van der Waals surface area contributed by atoms with Crippen molar-refractivity contribution in [3.8, 4) is 11.3 Å². The van der Waals surface area contributed by atoms with Crippen LogP contribution in [-0.4, -0.2) is 36.8 Å². The molecule has 2 aromatic carbocycles. The third kappa shape index (κ3) is 4.15. The molecule has 0 aliphatic carbocycles. The minimum atomic E-state index is -3.60. The summed E-state index contributed by atoms with van der Waals surface area (Å²) in [5, 5.41) is 9.25. The van der Waals surface area contributed by atoms with Crippen molar-refractivity contribution in [2.45, 2.75) is 4.90 Å². The molecule has 8 heteroatoms. The molecule has 1 amide bonds. The standard InChI is InChI=1S/C18H16FN3O3S/c19-14-6-8-15(9-7-14)26(24,25)11-10-20-18(23)17-12-16(21-22-17)13-4-2-1-3-5-13/h1-9,12H,10-11H2,(H,20,23)(H,21,22). The Morgan fingerprint density at radius 3 is 2.46 bits per heavy atom. The van der Waals surface area contributed by atoms with Gasteiger partial charge in [0.2, 0.25) is 0 Å². The molecule has 0 atom stereocenters. The predicted molar refractivity (Wildman–Crippen MR) is 94.8 cm³/mol. The summed E-state index contributed by atoms with van der Waals surface area (Å²) in [5.41, 5.74) is 1.72. The number of sulfone groups is 1. The van der Waals surface area contributed by atoms with Gasteiger partial charge in [-0.05, 0) is 30.3 Å². The summed E-state index contributed by atoms with van der Waals surface area (Å²) in [5.74, 6) is -1.25. The highest BCUT2D eigenvalue weighted by molar-refractivity contribution is 7.91. The normalized spacial score (nSPS) is 11.3. The lowest BCUT2D eigenvalue weighted by molar-refractivity contribution is 0.0951. The molecule has 0 saturated carbocycles. The Labute approximate surface area is 150 Å². The minimum Gasteiger partial charge on any atom is -0.350 e. The van der Waals surface area contributed by atoms with Gasteiger partial charge in [0.05, 0.1) is 16.3 Å². The van der Waals surface area contributed by atoms with Crippen LogP contribution < -0.4 is 5.32 Å². The molecular weight excluding hydrogens is 357 g/mol. The molecule has 0 fully saturated rings. The van der Waals surface area contributed by atoms with Crippen LogP contribution in [0.25, 0.3) is 11.3 Å². The van der Waals surface area contributed by atoms with E-state index in [9.17, 15) is 17.6 Å². The first-order chi connectivity index (χ1) is 12.5. The maximum atomic E-state index is 12.9. The number of carbonyl (C=O) groups is 1. The van der Waals surface area contributed by atoms with Crippen molar-refractivity contribution in [3.05, 3.63) is 72.2 Å². The molecule has 0 bridgehead atoms. The fourth-order valence-corrected chi connectivity index (χ4v) is 3.51. The average Bonchev–Trinajstić information content (AvgIpc) is 3.13. The number of benzene rings is 2. The summed E-state index contributed by atoms with van der Waals surface area (Å²) in [6, 6.07) is 15.5. The summed E-state index contributed by atoms with van der Waals surface area (Å²) >= 11 is 0. The second kappa shape index (κ2) is 7.49. The van der Waals surface area contributed by atoms with Crippen LogP contribution in [0.3, 0.4) is 0 Å². The third-order valence-corrected chi connectivity index (χ3v) is 5.45. The van der Waals surface area contributed by atoms with Gasteiger partial charge in [-0.25, -0.2) is 12.8 Å². The smallest absolute Gasteiger partial charge is 0.269 e. The molecule has 0 aliphatic rings. The lowest BCUT2D eigenvalue weighted by Crippen LogP contribution is -2.29. The molecule has 134 valence electrons. The molecule has 0 radical (unpaired) electrons. The van der Waals surface area contributed by atoms with Gasteiger partial charge < -0.3 is 5.32 Å². The van der Waals surface area contributed by atoms with E-state index in [-0.39, 0.29) is 22.9 Å². The lowest BCUT2D eigenvalue weighted by Gasteiger charge is -2.05. The number of aromatic amines is 1. The Balaban J connectivity index is 1.59. The van der Waals surface area contributed by atoms with Crippen LogP contribution in [0.2, 0.25) is 0 Å². The van der Waals surface area contributed by atoms with Crippen LogP contribution >= 0.6 is 0 Å². The van der Waals surface area contributed by atoms with Crippen molar-refractivity contribution < 1.29 is 17.6 Å². The molecule has 1 aromatic heterocycles. The minimum absolute atomic E-state index is 0.0149. The summed E-state index contributed by atoms with van der Waals surface area (Å²) < 4.78 is 37.2. The molecule has 0 aliphatic heterocycles. The fraction of sp³-hybridized carbons (Fsp3) is 0.111. The summed E-state index contributed by atoms with van der Waals surface area (Å²) in [7, 11) is -3.60. The monoisotopic (exact) mass is 373 g/mol. The van der Waals surface area contributed by atoms with Gasteiger partial charge in [-0.1, -0.05) is 30.3 Å². The Hall–Kier alpha value is -3.00. The van der Waals surface area contributed by atoms with Gasteiger partial charge >= 0.3 is 0 Å². The second-order valence-corrected chi connectivity index (χ2v) is 7.67. The zero-order valence-electron chi connectivity index (χ0n) is 13.6. The van der Waals surface area contributed by atoms with Crippen LogP contribution in [0, 0.1) is 5.82 Å². The maximum absolute atomic E-state index is 12.9. The highest BCUT2D eigenvalue weighted by Crippen LogP contribution is 2.17. The summed E-state index contributed by atoms with van der Waals surface area (Å²) in [4.78, 5) is 12.1. The lowest BCUT2D eigenvalue weighted by atomic mass is 10.1. The van der Waals surface area contributed by atoms with Crippen molar-refractivity contribution in [1.29, 1.82) is 0 Å². The quantitative estimate of drug-likeness (QED) is 0.649. The van der Waals surface area contributed by atoms with Crippen molar-refractivity contribution in [3.63, 3.8) is 0 Å². The molecule has 2 N–H and O–H groups in total. The van der Waals surface area contributed by atoms with Gasteiger partial charge in [-0.2, -0.15) is 5.10 Å². The first-order valence-corrected chi connectivity index (χ1v) is 9.48.